The number of aliphatic hydroxyl groups is 3. The van der Waals surface area contributed by atoms with E-state index >= 15 is 0 Å². The molecule has 1 fully saturated rings. The molecule has 2 heterocycles. The van der Waals surface area contributed by atoms with Crippen molar-refractivity contribution >= 4 is 45.7 Å². The van der Waals surface area contributed by atoms with E-state index in [2.05, 4.69) is 10.6 Å². The lowest BCUT2D eigenvalue weighted by atomic mass is 9.97. The summed E-state index contributed by atoms with van der Waals surface area (Å²) in [5.41, 5.74) is -0.591. The number of esters is 1. The van der Waals surface area contributed by atoms with Crippen molar-refractivity contribution < 1.29 is 85.8 Å². The molecular formula is C35H49N3O18S. The van der Waals surface area contributed by atoms with Crippen LogP contribution in [-0.4, -0.2) is 149 Å². The number of hydrogen-bond acceptors (Lipinski definition) is 16. The van der Waals surface area contributed by atoms with Gasteiger partial charge in [0.1, 0.15) is 54.8 Å². The van der Waals surface area contributed by atoms with Crippen LogP contribution >= 0.6 is 0 Å². The second-order valence-electron chi connectivity index (χ2n) is 14.0. The number of carboxylic acids is 1. The molecule has 57 heavy (non-hydrogen) atoms. The van der Waals surface area contributed by atoms with Gasteiger partial charge in [0.25, 0.3) is 21.9 Å². The molecular weight excluding hydrogens is 782 g/mol. The minimum absolute atomic E-state index is 0.0341. The molecule has 0 aliphatic carbocycles. The van der Waals surface area contributed by atoms with Crippen LogP contribution in [-0.2, 0) is 59.7 Å². The summed E-state index contributed by atoms with van der Waals surface area (Å²) in [6.07, 6.45) is -6.02. The molecule has 6 atom stereocenters. The number of hydrogen-bond donors (Lipinski definition) is 7. The van der Waals surface area contributed by atoms with Crippen molar-refractivity contribution in [1.82, 2.24) is 15.5 Å². The highest BCUT2D eigenvalue weighted by molar-refractivity contribution is 7.85. The predicted molar refractivity (Wildman–Crippen MR) is 193 cm³/mol. The Morgan fingerprint density at radius 2 is 1.63 bits per heavy atom. The van der Waals surface area contributed by atoms with Gasteiger partial charge in [-0.1, -0.05) is 6.42 Å². The molecule has 7 N–H and O–H groups in total. The molecule has 2 aliphatic rings. The van der Waals surface area contributed by atoms with Gasteiger partial charge in [-0.3, -0.25) is 33.4 Å². The number of imide groups is 1. The Bertz CT molecular complexity index is 1730. The fraction of sp³-hybridized carbons (Fsp3) is 0.600. The van der Waals surface area contributed by atoms with Crippen LogP contribution in [0.1, 0.15) is 52.0 Å². The number of benzene rings is 1. The molecule has 0 unspecified atom stereocenters. The number of carbonyl (C=O) groups excluding carboxylic acids is 5. The summed E-state index contributed by atoms with van der Waals surface area (Å²) in [6, 6.07) is 2.67. The molecule has 1 aromatic rings. The molecule has 0 spiro atoms. The molecule has 22 heteroatoms. The Hall–Kier alpha value is -4.71. The molecule has 1 aromatic carbocycles. The molecule has 0 aromatic heterocycles. The van der Waals surface area contributed by atoms with Crippen LogP contribution < -0.4 is 20.1 Å². The van der Waals surface area contributed by atoms with Crippen molar-refractivity contribution in [2.45, 2.75) is 89.8 Å². The number of unbranched alkanes of at least 4 members (excludes halogenated alkanes) is 2. The van der Waals surface area contributed by atoms with Crippen molar-refractivity contribution in [3.63, 3.8) is 0 Å². The largest absolute Gasteiger partial charge is 0.491 e. The summed E-state index contributed by atoms with van der Waals surface area (Å²) in [4.78, 5) is 73.3. The predicted octanol–water partition coefficient (Wildman–Crippen LogP) is -1.58. The van der Waals surface area contributed by atoms with E-state index in [1.54, 1.807) is 20.8 Å². The number of ether oxygens (including phenoxy) is 5. The zero-order valence-corrected chi connectivity index (χ0v) is 32.3. The van der Waals surface area contributed by atoms with Gasteiger partial charge in [0.05, 0.1) is 18.6 Å². The minimum atomic E-state index is -4.67. The lowest BCUT2D eigenvalue weighted by molar-refractivity contribution is -0.271. The van der Waals surface area contributed by atoms with Gasteiger partial charge in [-0.15, -0.1) is 0 Å². The van der Waals surface area contributed by atoms with Gasteiger partial charge >= 0.3 is 11.9 Å². The van der Waals surface area contributed by atoms with Crippen LogP contribution in [0.25, 0.3) is 0 Å². The number of nitrogens with zero attached hydrogens (tertiary/aromatic N) is 1. The van der Waals surface area contributed by atoms with Crippen LogP contribution in [0.5, 0.6) is 11.5 Å². The van der Waals surface area contributed by atoms with Gasteiger partial charge in [0.2, 0.25) is 18.1 Å². The summed E-state index contributed by atoms with van der Waals surface area (Å²) in [7, 11) is -4.67. The first-order valence-corrected chi connectivity index (χ1v) is 19.4. The third-order valence-corrected chi connectivity index (χ3v) is 9.08. The van der Waals surface area contributed by atoms with Crippen molar-refractivity contribution in [1.29, 1.82) is 0 Å². The van der Waals surface area contributed by atoms with Crippen LogP contribution in [0.4, 0.5) is 0 Å². The quantitative estimate of drug-likeness (QED) is 0.0300. The summed E-state index contributed by atoms with van der Waals surface area (Å²) >= 11 is 0. The Balaban J connectivity index is 1.48. The highest BCUT2D eigenvalue weighted by atomic mass is 32.2. The molecule has 0 bridgehead atoms. The molecule has 1 saturated heterocycles. The lowest BCUT2D eigenvalue weighted by Crippen LogP contribution is -2.61. The minimum Gasteiger partial charge on any atom is -0.491 e. The van der Waals surface area contributed by atoms with E-state index in [-0.39, 0.29) is 63.0 Å². The van der Waals surface area contributed by atoms with Crippen LogP contribution in [0.15, 0.2) is 30.4 Å². The van der Waals surface area contributed by atoms with Crippen molar-refractivity contribution in [3.05, 3.63) is 35.9 Å². The Labute approximate surface area is 328 Å². The van der Waals surface area contributed by atoms with Gasteiger partial charge in [-0.05, 0) is 45.7 Å². The summed E-state index contributed by atoms with van der Waals surface area (Å²) < 4.78 is 59.8. The SMILES string of the molecule is CC(C)(C)C(=O)OCc1ccc(OCCOCCNC(=O)[C@H](CS(=O)(=O)O)NC(=O)CCCCCN2C(=O)C=CC2=O)cc1O[C@@H]1O[C@H](C(=O)O)[C@@H](O)[C@H](O)[C@H]1O. The van der Waals surface area contributed by atoms with Gasteiger partial charge < -0.3 is 54.7 Å². The normalized spacial score (nSPS) is 21.5. The second-order valence-corrected chi connectivity index (χ2v) is 15.5. The lowest BCUT2D eigenvalue weighted by Gasteiger charge is -2.38. The van der Waals surface area contributed by atoms with Crippen molar-refractivity contribution in [2.75, 3.05) is 38.7 Å². The third kappa shape index (κ3) is 15.0. The Morgan fingerprint density at radius 3 is 2.26 bits per heavy atom. The van der Waals surface area contributed by atoms with E-state index in [9.17, 15) is 62.2 Å². The number of carboxylic acid groups (broad SMARTS) is 1. The monoisotopic (exact) mass is 831 g/mol. The first kappa shape index (κ1) is 46.7. The highest BCUT2D eigenvalue weighted by Gasteiger charge is 2.48. The van der Waals surface area contributed by atoms with Crippen LogP contribution in [0, 0.1) is 5.41 Å². The van der Waals surface area contributed by atoms with E-state index < -0.39 is 93.6 Å². The average Bonchev–Trinajstić information content (AvgIpc) is 3.44. The molecule has 0 radical (unpaired) electrons. The number of nitrogens with one attached hydrogen (secondary N) is 2. The van der Waals surface area contributed by atoms with Gasteiger partial charge in [0.15, 0.2) is 6.10 Å². The third-order valence-electron chi connectivity index (χ3n) is 8.32. The van der Waals surface area contributed by atoms with Gasteiger partial charge in [0, 0.05) is 43.3 Å². The van der Waals surface area contributed by atoms with Gasteiger partial charge in [-0.25, -0.2) is 4.79 Å². The fourth-order valence-corrected chi connectivity index (χ4v) is 5.88. The Kier molecular flexibility index (Phi) is 17.3. The maximum absolute atomic E-state index is 12.7. The van der Waals surface area contributed by atoms with Crippen LogP contribution in [0.2, 0.25) is 0 Å². The van der Waals surface area contributed by atoms with E-state index in [1.165, 1.54) is 18.2 Å². The topological polar surface area (TPSA) is 311 Å². The molecule has 4 amide bonds. The standard InChI is InChI=1S/C35H49N3O18S/c1-35(2,3)34(48)54-18-20-8-9-21(17-23(20)55-33-29(44)27(42)28(43)30(56-33)32(46)47)53-16-15-52-14-12-36-31(45)22(19-57(49,50)51)37-24(39)7-5-4-6-13-38-25(40)10-11-26(38)41/h8-11,17,22,27-30,33,42-44H,4-7,12-16,18-19H2,1-3H3,(H,36,45)(H,37,39)(H,46,47)(H,49,50,51)/t22-,27-,28-,29+,30-,33+/m0/s1. The zero-order valence-electron chi connectivity index (χ0n) is 31.5. The summed E-state index contributed by atoms with van der Waals surface area (Å²) in [5, 5.41) is 44.7. The molecule has 2 aliphatic heterocycles. The fourth-order valence-electron chi connectivity index (χ4n) is 5.22. The van der Waals surface area contributed by atoms with E-state index in [0.29, 0.717) is 19.3 Å². The maximum atomic E-state index is 12.7. The van der Waals surface area contributed by atoms with E-state index in [4.69, 9.17) is 23.7 Å². The zero-order chi connectivity index (χ0) is 42.5. The van der Waals surface area contributed by atoms with Crippen molar-refractivity contribution in [3.8, 4) is 11.5 Å². The van der Waals surface area contributed by atoms with Crippen LogP contribution in [0.3, 0.4) is 0 Å². The number of aliphatic carboxylic acids is 1. The smallest absolute Gasteiger partial charge is 0.335 e. The van der Waals surface area contributed by atoms with Crippen molar-refractivity contribution in [2.24, 2.45) is 5.41 Å². The number of aliphatic hydroxyl groups excluding tert-OH is 3. The summed E-state index contributed by atoms with van der Waals surface area (Å²) in [6.45, 7) is 4.49. The molecule has 3 rings (SSSR count). The second kappa shape index (κ2) is 21.2. The number of carbonyl (C=O) groups is 6. The van der Waals surface area contributed by atoms with E-state index in [0.717, 1.165) is 17.1 Å². The average molecular weight is 832 g/mol. The molecule has 0 saturated carbocycles. The molecule has 21 nitrogen and oxygen atoms in total. The first-order chi connectivity index (χ1) is 26.7. The highest BCUT2D eigenvalue weighted by Crippen LogP contribution is 2.31. The van der Waals surface area contributed by atoms with E-state index in [1.807, 2.05) is 0 Å². The molecule has 318 valence electrons. The number of amides is 4. The summed E-state index contributed by atoms with van der Waals surface area (Å²) in [5.74, 6) is -5.54. The van der Waals surface area contributed by atoms with Gasteiger partial charge in [-0.2, -0.15) is 8.42 Å². The number of rotatable bonds is 22. The first-order valence-electron chi connectivity index (χ1n) is 17.8. The Morgan fingerprint density at radius 1 is 0.947 bits per heavy atom. The maximum Gasteiger partial charge on any atom is 0.335 e.